The van der Waals surface area contributed by atoms with E-state index in [0.717, 1.165) is 18.2 Å². The molecule has 104 valence electrons. The van der Waals surface area contributed by atoms with E-state index in [1.807, 2.05) is 6.26 Å². The van der Waals surface area contributed by atoms with Gasteiger partial charge in [-0.3, -0.25) is 0 Å². The quantitative estimate of drug-likeness (QED) is 0.587. The molecule has 5 heteroatoms. The highest BCUT2D eigenvalue weighted by atomic mass is 32.2. The number of aliphatic carboxylic acids is 1. The minimum absolute atomic E-state index is 0.578. The summed E-state index contributed by atoms with van der Waals surface area (Å²) < 4.78 is 10.9. The van der Waals surface area contributed by atoms with Gasteiger partial charge in [0.1, 0.15) is 0 Å². The SMILES string of the molecule is COc1cccc(/C=C/C(=O)O)c1OCCCSC. The number of carbonyl (C=O) groups is 1. The third-order valence-electron chi connectivity index (χ3n) is 2.37. The summed E-state index contributed by atoms with van der Waals surface area (Å²) >= 11 is 1.76. The second kappa shape index (κ2) is 8.48. The molecule has 1 N–H and O–H groups in total. The maximum atomic E-state index is 10.6. The molecule has 0 heterocycles. The van der Waals surface area contributed by atoms with Crippen LogP contribution in [-0.4, -0.2) is 36.8 Å². The number of ether oxygens (including phenoxy) is 2. The highest BCUT2D eigenvalue weighted by molar-refractivity contribution is 7.98. The van der Waals surface area contributed by atoms with E-state index in [4.69, 9.17) is 14.6 Å². The Kier molecular flexibility index (Phi) is 6.89. The van der Waals surface area contributed by atoms with Crippen molar-refractivity contribution in [2.24, 2.45) is 0 Å². The van der Waals surface area contributed by atoms with Crippen LogP contribution in [0.1, 0.15) is 12.0 Å². The lowest BCUT2D eigenvalue weighted by molar-refractivity contribution is -0.131. The van der Waals surface area contributed by atoms with E-state index >= 15 is 0 Å². The summed E-state index contributed by atoms with van der Waals surface area (Å²) in [6.45, 7) is 0.578. The maximum Gasteiger partial charge on any atom is 0.328 e. The lowest BCUT2D eigenvalue weighted by Crippen LogP contribution is -2.02. The molecule has 0 amide bonds. The number of rotatable bonds is 8. The number of benzene rings is 1. The summed E-state index contributed by atoms with van der Waals surface area (Å²) in [6, 6.07) is 5.39. The zero-order chi connectivity index (χ0) is 14.1. The average molecular weight is 282 g/mol. The second-order valence-electron chi connectivity index (χ2n) is 3.75. The molecular weight excluding hydrogens is 264 g/mol. The van der Waals surface area contributed by atoms with Crippen LogP contribution in [0.4, 0.5) is 0 Å². The minimum Gasteiger partial charge on any atom is -0.493 e. The van der Waals surface area contributed by atoms with Gasteiger partial charge >= 0.3 is 5.97 Å². The summed E-state index contributed by atoms with van der Waals surface area (Å²) in [4.78, 5) is 10.6. The van der Waals surface area contributed by atoms with Crippen LogP contribution >= 0.6 is 11.8 Å². The van der Waals surface area contributed by atoms with Gasteiger partial charge in [0.05, 0.1) is 13.7 Å². The van der Waals surface area contributed by atoms with Crippen molar-refractivity contribution in [3.63, 3.8) is 0 Å². The van der Waals surface area contributed by atoms with Crippen LogP contribution in [0, 0.1) is 0 Å². The largest absolute Gasteiger partial charge is 0.493 e. The van der Waals surface area contributed by atoms with Gasteiger partial charge in [0, 0.05) is 11.6 Å². The van der Waals surface area contributed by atoms with E-state index in [1.54, 1.807) is 37.1 Å². The number of carboxylic acid groups (broad SMARTS) is 1. The summed E-state index contributed by atoms with van der Waals surface area (Å²) in [6.07, 6.45) is 5.57. The van der Waals surface area contributed by atoms with Gasteiger partial charge in [0.2, 0.25) is 0 Å². The molecule has 1 aromatic rings. The van der Waals surface area contributed by atoms with Crippen molar-refractivity contribution in [3.05, 3.63) is 29.8 Å². The Bertz CT molecular complexity index is 443. The fourth-order valence-electron chi connectivity index (χ4n) is 1.52. The third-order valence-corrected chi connectivity index (χ3v) is 3.07. The molecule has 0 aliphatic carbocycles. The summed E-state index contributed by atoms with van der Waals surface area (Å²) in [5.41, 5.74) is 0.700. The van der Waals surface area contributed by atoms with Gasteiger partial charge in [0.25, 0.3) is 0 Å². The second-order valence-corrected chi connectivity index (χ2v) is 4.73. The zero-order valence-corrected chi connectivity index (χ0v) is 11.9. The van der Waals surface area contributed by atoms with Crippen molar-refractivity contribution < 1.29 is 19.4 Å². The molecule has 0 aliphatic rings. The molecule has 0 saturated heterocycles. The first kappa shape index (κ1) is 15.4. The van der Waals surface area contributed by atoms with E-state index in [0.29, 0.717) is 23.7 Å². The summed E-state index contributed by atoms with van der Waals surface area (Å²) in [5, 5.41) is 8.68. The molecule has 1 aromatic carbocycles. The molecule has 0 atom stereocenters. The molecule has 4 nitrogen and oxygen atoms in total. The predicted octanol–water partition coefficient (Wildman–Crippen LogP) is 2.92. The predicted molar refractivity (Wildman–Crippen MR) is 78.2 cm³/mol. The molecule has 1 rings (SSSR count). The highest BCUT2D eigenvalue weighted by Gasteiger charge is 2.08. The molecule has 0 fully saturated rings. The van der Waals surface area contributed by atoms with E-state index in [2.05, 4.69) is 0 Å². The van der Waals surface area contributed by atoms with Crippen LogP contribution in [0.15, 0.2) is 24.3 Å². The molecule has 0 unspecified atom stereocenters. The van der Waals surface area contributed by atoms with Gasteiger partial charge < -0.3 is 14.6 Å². The Morgan fingerprint density at radius 3 is 2.89 bits per heavy atom. The van der Waals surface area contributed by atoms with E-state index < -0.39 is 5.97 Å². The van der Waals surface area contributed by atoms with Gasteiger partial charge in [-0.1, -0.05) is 12.1 Å². The maximum absolute atomic E-state index is 10.6. The first-order valence-corrected chi connectivity index (χ1v) is 7.28. The first-order chi connectivity index (χ1) is 9.19. The van der Waals surface area contributed by atoms with Gasteiger partial charge in [-0.05, 0) is 30.6 Å². The molecular formula is C14H18O4S. The molecule has 19 heavy (non-hydrogen) atoms. The topological polar surface area (TPSA) is 55.8 Å². The van der Waals surface area contributed by atoms with Gasteiger partial charge in [-0.25, -0.2) is 4.79 Å². The number of thioether (sulfide) groups is 1. The number of hydrogen-bond acceptors (Lipinski definition) is 4. The van der Waals surface area contributed by atoms with Crippen LogP contribution in [0.3, 0.4) is 0 Å². The minimum atomic E-state index is -0.990. The van der Waals surface area contributed by atoms with Crippen LogP contribution in [0.2, 0.25) is 0 Å². The molecule has 0 bridgehead atoms. The fourth-order valence-corrected chi connectivity index (χ4v) is 1.92. The molecule has 0 saturated carbocycles. The number of para-hydroxylation sites is 1. The number of carboxylic acids is 1. The zero-order valence-electron chi connectivity index (χ0n) is 11.1. The fraction of sp³-hybridized carbons (Fsp3) is 0.357. The molecule has 0 radical (unpaired) electrons. The van der Waals surface area contributed by atoms with Crippen molar-refractivity contribution in [2.75, 3.05) is 25.7 Å². The van der Waals surface area contributed by atoms with E-state index in [-0.39, 0.29) is 0 Å². The molecule has 0 aliphatic heterocycles. The smallest absolute Gasteiger partial charge is 0.328 e. The third kappa shape index (κ3) is 5.26. The van der Waals surface area contributed by atoms with Crippen molar-refractivity contribution in [3.8, 4) is 11.5 Å². The van der Waals surface area contributed by atoms with Crippen LogP contribution < -0.4 is 9.47 Å². The number of hydrogen-bond donors (Lipinski definition) is 1. The normalized spacial score (nSPS) is 10.6. The summed E-state index contributed by atoms with van der Waals surface area (Å²) in [5.74, 6) is 1.23. The van der Waals surface area contributed by atoms with E-state index in [9.17, 15) is 4.79 Å². The van der Waals surface area contributed by atoms with Gasteiger partial charge in [-0.15, -0.1) is 0 Å². The molecule has 0 spiro atoms. The Hall–Kier alpha value is -1.62. The molecule has 0 aromatic heterocycles. The Morgan fingerprint density at radius 2 is 2.26 bits per heavy atom. The average Bonchev–Trinajstić information content (AvgIpc) is 2.41. The monoisotopic (exact) mass is 282 g/mol. The Labute approximate surface area is 117 Å². The van der Waals surface area contributed by atoms with Crippen LogP contribution in [0.25, 0.3) is 6.08 Å². The van der Waals surface area contributed by atoms with E-state index in [1.165, 1.54) is 6.08 Å². The lowest BCUT2D eigenvalue weighted by atomic mass is 10.1. The van der Waals surface area contributed by atoms with Crippen molar-refractivity contribution in [1.29, 1.82) is 0 Å². The van der Waals surface area contributed by atoms with Crippen molar-refractivity contribution in [1.82, 2.24) is 0 Å². The van der Waals surface area contributed by atoms with Crippen LogP contribution in [-0.2, 0) is 4.79 Å². The van der Waals surface area contributed by atoms with Crippen molar-refractivity contribution >= 4 is 23.8 Å². The van der Waals surface area contributed by atoms with Crippen LogP contribution in [0.5, 0.6) is 11.5 Å². The lowest BCUT2D eigenvalue weighted by Gasteiger charge is -2.13. The van der Waals surface area contributed by atoms with Crippen molar-refractivity contribution in [2.45, 2.75) is 6.42 Å². The first-order valence-electron chi connectivity index (χ1n) is 5.88. The summed E-state index contributed by atoms with van der Waals surface area (Å²) in [7, 11) is 1.56. The van der Waals surface area contributed by atoms with Gasteiger partial charge in [0.15, 0.2) is 11.5 Å². The Morgan fingerprint density at radius 1 is 1.47 bits per heavy atom. The highest BCUT2D eigenvalue weighted by Crippen LogP contribution is 2.32. The van der Waals surface area contributed by atoms with Gasteiger partial charge in [-0.2, -0.15) is 11.8 Å². The Balaban J connectivity index is 2.86. The number of methoxy groups -OCH3 is 1. The standard InChI is InChI=1S/C14H18O4S/c1-17-12-6-3-5-11(7-8-13(15)16)14(12)18-9-4-10-19-2/h3,5-8H,4,9-10H2,1-2H3,(H,15,16)/b8-7+.